The van der Waals surface area contributed by atoms with Crippen LogP contribution in [0, 0.1) is 12.7 Å². The molecule has 0 fully saturated rings. The Balaban J connectivity index is 2.65. The Labute approximate surface area is 121 Å². The molecule has 0 aliphatic carbocycles. The van der Waals surface area contributed by atoms with Gasteiger partial charge in [0.05, 0.1) is 6.61 Å². The zero-order valence-electron chi connectivity index (χ0n) is 12.1. The van der Waals surface area contributed by atoms with Gasteiger partial charge in [-0.05, 0) is 31.5 Å². The van der Waals surface area contributed by atoms with Crippen molar-refractivity contribution in [2.45, 2.75) is 19.4 Å². The Morgan fingerprint density at radius 2 is 2.10 bits per heavy atom. The molecular weight excluding hydrogens is 281 g/mol. The third-order valence-electron chi connectivity index (χ3n) is 2.77. The maximum atomic E-state index is 13.4. The SMILES string of the molecule is COCC(C)(NC(=O)COc1cc(C)ccc1F)C(=O)O. The maximum absolute atomic E-state index is 13.4. The number of halogens is 1. The Morgan fingerprint density at radius 3 is 2.67 bits per heavy atom. The van der Waals surface area contributed by atoms with Crippen LogP contribution in [0.4, 0.5) is 4.39 Å². The number of carbonyl (C=O) groups excluding carboxylic acids is 1. The standard InChI is InChI=1S/C14H18FNO5/c1-9-4-5-10(15)11(6-9)21-7-12(17)16-14(2,8-20-3)13(18)19/h4-6H,7-8H2,1-3H3,(H,16,17)(H,18,19). The first-order valence-corrected chi connectivity index (χ1v) is 6.21. The zero-order valence-corrected chi connectivity index (χ0v) is 12.1. The van der Waals surface area contributed by atoms with E-state index < -0.39 is 29.8 Å². The highest BCUT2D eigenvalue weighted by Crippen LogP contribution is 2.18. The van der Waals surface area contributed by atoms with Gasteiger partial charge in [0.2, 0.25) is 0 Å². The van der Waals surface area contributed by atoms with Gasteiger partial charge in [-0.15, -0.1) is 0 Å². The van der Waals surface area contributed by atoms with Crippen LogP contribution in [-0.4, -0.2) is 42.8 Å². The average molecular weight is 299 g/mol. The highest BCUT2D eigenvalue weighted by molar-refractivity contribution is 5.87. The van der Waals surface area contributed by atoms with E-state index in [2.05, 4.69) is 5.32 Å². The van der Waals surface area contributed by atoms with Crippen molar-refractivity contribution in [3.63, 3.8) is 0 Å². The number of rotatable bonds is 7. The molecule has 0 aromatic heterocycles. The van der Waals surface area contributed by atoms with E-state index in [9.17, 15) is 14.0 Å². The van der Waals surface area contributed by atoms with Crippen molar-refractivity contribution in [3.05, 3.63) is 29.6 Å². The van der Waals surface area contributed by atoms with Crippen LogP contribution in [0.1, 0.15) is 12.5 Å². The molecule has 0 aliphatic rings. The van der Waals surface area contributed by atoms with Crippen molar-refractivity contribution in [1.29, 1.82) is 0 Å². The number of carbonyl (C=O) groups is 2. The number of benzene rings is 1. The number of hydrogen-bond donors (Lipinski definition) is 2. The number of nitrogens with one attached hydrogen (secondary N) is 1. The molecular formula is C14H18FNO5. The van der Waals surface area contributed by atoms with E-state index in [1.165, 1.54) is 26.2 Å². The Hall–Kier alpha value is -2.15. The lowest BCUT2D eigenvalue weighted by molar-refractivity contribution is -0.149. The van der Waals surface area contributed by atoms with Gasteiger partial charge in [0.1, 0.15) is 0 Å². The fraction of sp³-hybridized carbons (Fsp3) is 0.429. The fourth-order valence-corrected chi connectivity index (χ4v) is 1.65. The lowest BCUT2D eigenvalue weighted by Gasteiger charge is -2.25. The van der Waals surface area contributed by atoms with Crippen LogP contribution in [0.5, 0.6) is 5.75 Å². The number of carboxylic acids is 1. The molecule has 1 atom stereocenters. The summed E-state index contributed by atoms with van der Waals surface area (Å²) in [7, 11) is 1.33. The second-order valence-electron chi connectivity index (χ2n) is 4.84. The summed E-state index contributed by atoms with van der Waals surface area (Å²) in [5.41, 5.74) is -0.790. The topological polar surface area (TPSA) is 84.9 Å². The third kappa shape index (κ3) is 4.71. The summed E-state index contributed by atoms with van der Waals surface area (Å²) in [6, 6.07) is 4.26. The lowest BCUT2D eigenvalue weighted by Crippen LogP contribution is -2.56. The third-order valence-corrected chi connectivity index (χ3v) is 2.77. The van der Waals surface area contributed by atoms with Crippen molar-refractivity contribution in [2.75, 3.05) is 20.3 Å². The molecule has 0 heterocycles. The Morgan fingerprint density at radius 1 is 1.43 bits per heavy atom. The van der Waals surface area contributed by atoms with E-state index in [-0.39, 0.29) is 12.4 Å². The predicted molar refractivity (Wildman–Crippen MR) is 72.7 cm³/mol. The van der Waals surface area contributed by atoms with E-state index in [0.29, 0.717) is 0 Å². The Kier molecular flexibility index (Phi) is 5.66. The van der Waals surface area contributed by atoms with Gasteiger partial charge in [0, 0.05) is 7.11 Å². The van der Waals surface area contributed by atoms with Crippen LogP contribution in [0.15, 0.2) is 18.2 Å². The van der Waals surface area contributed by atoms with Crippen molar-refractivity contribution >= 4 is 11.9 Å². The minimum atomic E-state index is -1.57. The van der Waals surface area contributed by atoms with Gasteiger partial charge in [-0.1, -0.05) is 6.07 Å². The fourth-order valence-electron chi connectivity index (χ4n) is 1.65. The van der Waals surface area contributed by atoms with Crippen LogP contribution >= 0.6 is 0 Å². The molecule has 6 nitrogen and oxygen atoms in total. The molecule has 0 bridgehead atoms. The highest BCUT2D eigenvalue weighted by atomic mass is 19.1. The molecule has 1 unspecified atom stereocenters. The van der Waals surface area contributed by atoms with Gasteiger partial charge in [0.15, 0.2) is 23.7 Å². The molecule has 21 heavy (non-hydrogen) atoms. The van der Waals surface area contributed by atoms with Crippen molar-refractivity contribution < 1.29 is 28.6 Å². The molecule has 1 aromatic rings. The number of amides is 1. The van der Waals surface area contributed by atoms with Gasteiger partial charge in [-0.3, -0.25) is 4.79 Å². The van der Waals surface area contributed by atoms with Gasteiger partial charge < -0.3 is 19.9 Å². The highest BCUT2D eigenvalue weighted by Gasteiger charge is 2.35. The van der Waals surface area contributed by atoms with Crippen molar-refractivity contribution in [3.8, 4) is 5.75 Å². The summed E-state index contributed by atoms with van der Waals surface area (Å²) >= 11 is 0. The maximum Gasteiger partial charge on any atom is 0.331 e. The molecule has 0 saturated heterocycles. The predicted octanol–water partition coefficient (Wildman–Crippen LogP) is 1.12. The van der Waals surface area contributed by atoms with Crippen molar-refractivity contribution in [2.24, 2.45) is 0 Å². The second kappa shape index (κ2) is 7.03. The quantitative estimate of drug-likeness (QED) is 0.788. The van der Waals surface area contributed by atoms with Gasteiger partial charge >= 0.3 is 5.97 Å². The molecule has 7 heteroatoms. The molecule has 2 N–H and O–H groups in total. The summed E-state index contributed by atoms with van der Waals surface area (Å²) in [4.78, 5) is 22.9. The molecule has 0 spiro atoms. The number of carboxylic acid groups (broad SMARTS) is 1. The summed E-state index contributed by atoms with van der Waals surface area (Å²) in [5, 5.41) is 11.4. The normalized spacial score (nSPS) is 13.3. The van der Waals surface area contributed by atoms with Crippen LogP contribution < -0.4 is 10.1 Å². The number of hydrogen-bond acceptors (Lipinski definition) is 4. The molecule has 0 saturated carbocycles. The summed E-state index contributed by atoms with van der Waals surface area (Å²) in [5.74, 6) is -2.57. The van der Waals surface area contributed by atoms with Crippen LogP contribution in [-0.2, 0) is 14.3 Å². The number of aryl methyl sites for hydroxylation is 1. The molecule has 1 amide bonds. The summed E-state index contributed by atoms with van der Waals surface area (Å²) < 4.78 is 23.3. The first-order valence-electron chi connectivity index (χ1n) is 6.21. The van der Waals surface area contributed by atoms with Gasteiger partial charge in [-0.25, -0.2) is 9.18 Å². The first-order chi connectivity index (χ1) is 9.78. The molecule has 0 radical (unpaired) electrons. The van der Waals surface area contributed by atoms with E-state index in [4.69, 9.17) is 14.6 Å². The average Bonchev–Trinajstić information content (AvgIpc) is 2.40. The minimum Gasteiger partial charge on any atom is -0.481 e. The minimum absolute atomic E-state index is 0.0612. The number of methoxy groups -OCH3 is 1. The van der Waals surface area contributed by atoms with Crippen molar-refractivity contribution in [1.82, 2.24) is 5.32 Å². The van der Waals surface area contributed by atoms with Crippen LogP contribution in [0.2, 0.25) is 0 Å². The monoisotopic (exact) mass is 299 g/mol. The molecule has 116 valence electrons. The van der Waals surface area contributed by atoms with Gasteiger partial charge in [-0.2, -0.15) is 0 Å². The van der Waals surface area contributed by atoms with Crippen LogP contribution in [0.25, 0.3) is 0 Å². The molecule has 1 rings (SSSR count). The van der Waals surface area contributed by atoms with Gasteiger partial charge in [0.25, 0.3) is 5.91 Å². The molecule has 1 aromatic carbocycles. The van der Waals surface area contributed by atoms with Crippen LogP contribution in [0.3, 0.4) is 0 Å². The summed E-state index contributed by atoms with van der Waals surface area (Å²) in [6.07, 6.45) is 0. The largest absolute Gasteiger partial charge is 0.481 e. The molecule has 0 aliphatic heterocycles. The van der Waals surface area contributed by atoms with E-state index in [1.807, 2.05) is 0 Å². The Bertz CT molecular complexity index is 534. The van der Waals surface area contributed by atoms with E-state index in [1.54, 1.807) is 13.0 Å². The number of ether oxygens (including phenoxy) is 2. The lowest BCUT2D eigenvalue weighted by atomic mass is 10.0. The van der Waals surface area contributed by atoms with E-state index in [0.717, 1.165) is 5.56 Å². The smallest absolute Gasteiger partial charge is 0.331 e. The van der Waals surface area contributed by atoms with E-state index >= 15 is 0 Å². The summed E-state index contributed by atoms with van der Waals surface area (Å²) in [6.45, 7) is 2.37. The second-order valence-corrected chi connectivity index (χ2v) is 4.84. The number of aliphatic carboxylic acids is 1. The zero-order chi connectivity index (χ0) is 16.0. The first kappa shape index (κ1) is 16.9.